The fourth-order valence-electron chi connectivity index (χ4n) is 3.57. The monoisotopic (exact) mass is 268 g/mol. The van der Waals surface area contributed by atoms with E-state index in [9.17, 15) is 9.59 Å². The van der Waals surface area contributed by atoms with Crippen LogP contribution in [-0.2, 0) is 14.3 Å². The van der Waals surface area contributed by atoms with Gasteiger partial charge in [0.1, 0.15) is 6.04 Å². The van der Waals surface area contributed by atoms with E-state index in [0.717, 1.165) is 25.7 Å². The summed E-state index contributed by atoms with van der Waals surface area (Å²) in [6.07, 6.45) is 5.22. The van der Waals surface area contributed by atoms with E-state index in [0.29, 0.717) is 11.8 Å². The predicted molar refractivity (Wildman–Crippen MR) is 71.2 cm³/mol. The molecule has 0 heterocycles. The maximum atomic E-state index is 12.2. The summed E-state index contributed by atoms with van der Waals surface area (Å²) in [5, 5.41) is 2.75. The van der Waals surface area contributed by atoms with Gasteiger partial charge in [-0.25, -0.2) is 4.79 Å². The lowest BCUT2D eigenvalue weighted by molar-refractivity contribution is -0.145. The predicted octanol–water partition coefficient (Wildman–Crippen LogP) is 0.818. The lowest BCUT2D eigenvalue weighted by Gasteiger charge is -2.43. The second-order valence-corrected chi connectivity index (χ2v) is 5.95. The third-order valence-corrected chi connectivity index (χ3v) is 4.70. The minimum atomic E-state index is -0.576. The second-order valence-electron chi connectivity index (χ2n) is 5.95. The van der Waals surface area contributed by atoms with Gasteiger partial charge in [-0.1, -0.05) is 6.42 Å². The number of fused-ring (bicyclic) bond motifs is 2. The number of amides is 1. The van der Waals surface area contributed by atoms with Crippen molar-refractivity contribution in [3.63, 3.8) is 0 Å². The zero-order valence-corrected chi connectivity index (χ0v) is 11.7. The van der Waals surface area contributed by atoms with E-state index in [1.165, 1.54) is 13.5 Å². The van der Waals surface area contributed by atoms with Gasteiger partial charge in [0, 0.05) is 12.0 Å². The lowest BCUT2D eigenvalue weighted by atomic mass is 9.65. The molecule has 1 amide bonds. The first-order valence-electron chi connectivity index (χ1n) is 7.16. The lowest BCUT2D eigenvalue weighted by Crippen LogP contribution is -2.50. The molecule has 2 rings (SSSR count). The average Bonchev–Trinajstić information content (AvgIpc) is 2.37. The van der Waals surface area contributed by atoms with Gasteiger partial charge in [0.25, 0.3) is 0 Å². The highest BCUT2D eigenvalue weighted by atomic mass is 16.5. The molecule has 5 heteroatoms. The van der Waals surface area contributed by atoms with Crippen LogP contribution >= 0.6 is 0 Å². The van der Waals surface area contributed by atoms with Crippen LogP contribution in [0.15, 0.2) is 0 Å². The highest BCUT2D eigenvalue weighted by Gasteiger charge is 2.40. The molecule has 2 saturated carbocycles. The summed E-state index contributed by atoms with van der Waals surface area (Å²) in [5.74, 6) is 0.512. The van der Waals surface area contributed by atoms with E-state index in [1.54, 1.807) is 6.92 Å². The quantitative estimate of drug-likeness (QED) is 0.742. The van der Waals surface area contributed by atoms with Gasteiger partial charge in [-0.05, 0) is 44.4 Å². The number of hydrogen-bond acceptors (Lipinski definition) is 4. The first-order chi connectivity index (χ1) is 9.02. The molecule has 0 aromatic carbocycles. The third kappa shape index (κ3) is 3.08. The number of hydrogen-bond donors (Lipinski definition) is 2. The van der Waals surface area contributed by atoms with Crippen LogP contribution in [0.4, 0.5) is 0 Å². The third-order valence-electron chi connectivity index (χ3n) is 4.70. The molecular formula is C14H24N2O3. The molecule has 19 heavy (non-hydrogen) atoms. The zero-order valence-electron chi connectivity index (χ0n) is 11.7. The molecule has 3 N–H and O–H groups in total. The van der Waals surface area contributed by atoms with Crippen molar-refractivity contribution in [1.82, 2.24) is 5.32 Å². The highest BCUT2D eigenvalue weighted by Crippen LogP contribution is 2.41. The Bertz CT molecular complexity index is 345. The van der Waals surface area contributed by atoms with Gasteiger partial charge < -0.3 is 15.8 Å². The molecule has 2 bridgehead atoms. The largest absolute Gasteiger partial charge is 0.467 e. The number of esters is 1. The fourth-order valence-corrected chi connectivity index (χ4v) is 3.57. The molecule has 108 valence electrons. The molecule has 0 saturated heterocycles. The van der Waals surface area contributed by atoms with Crippen molar-refractivity contribution in [3.05, 3.63) is 0 Å². The van der Waals surface area contributed by atoms with Crippen molar-refractivity contribution in [2.24, 2.45) is 23.5 Å². The standard InChI is InChI=1S/C14H24N2O3/c1-8(14(18)19-2)16-13(17)11-6-9-4-3-5-10(7-11)12(9)15/h8-12H,3-7,15H2,1-2H3,(H,16,17)/t8-,9?,10?,11?,12?/m0/s1. The Morgan fingerprint density at radius 3 is 2.37 bits per heavy atom. The summed E-state index contributed by atoms with van der Waals surface area (Å²) < 4.78 is 4.62. The normalized spacial score (nSPS) is 35.3. The molecule has 2 fully saturated rings. The Morgan fingerprint density at radius 2 is 1.84 bits per heavy atom. The number of nitrogens with two attached hydrogens (primary N) is 1. The van der Waals surface area contributed by atoms with Crippen LogP contribution in [0.25, 0.3) is 0 Å². The summed E-state index contributed by atoms with van der Waals surface area (Å²) in [5.41, 5.74) is 6.21. The van der Waals surface area contributed by atoms with Crippen LogP contribution in [0.1, 0.15) is 39.0 Å². The summed E-state index contributed by atoms with van der Waals surface area (Å²) in [4.78, 5) is 23.5. The van der Waals surface area contributed by atoms with Crippen LogP contribution in [0, 0.1) is 17.8 Å². The minimum Gasteiger partial charge on any atom is -0.467 e. The molecule has 0 spiro atoms. The van der Waals surface area contributed by atoms with Crippen LogP contribution in [0.5, 0.6) is 0 Å². The molecule has 0 aromatic heterocycles. The van der Waals surface area contributed by atoms with Gasteiger partial charge in [-0.15, -0.1) is 0 Å². The van der Waals surface area contributed by atoms with Gasteiger partial charge in [0.15, 0.2) is 0 Å². The number of methoxy groups -OCH3 is 1. The molecule has 0 aromatic rings. The van der Waals surface area contributed by atoms with E-state index in [4.69, 9.17) is 5.73 Å². The molecular weight excluding hydrogens is 244 g/mol. The van der Waals surface area contributed by atoms with Crippen LogP contribution in [-0.4, -0.2) is 31.1 Å². The first kappa shape index (κ1) is 14.3. The number of ether oxygens (including phenoxy) is 1. The zero-order chi connectivity index (χ0) is 14.0. The van der Waals surface area contributed by atoms with Gasteiger partial charge in [-0.2, -0.15) is 0 Å². The maximum absolute atomic E-state index is 12.2. The SMILES string of the molecule is COC(=O)[C@H](C)NC(=O)C1CC2CCCC(C1)C2N. The van der Waals surface area contributed by atoms with Crippen molar-refractivity contribution in [2.45, 2.75) is 51.1 Å². The Balaban J connectivity index is 1.92. The summed E-state index contributed by atoms with van der Waals surface area (Å²) in [6, 6.07) is -0.316. The van der Waals surface area contributed by atoms with Crippen molar-refractivity contribution in [1.29, 1.82) is 0 Å². The maximum Gasteiger partial charge on any atom is 0.328 e. The van der Waals surface area contributed by atoms with E-state index in [-0.39, 0.29) is 17.9 Å². The van der Waals surface area contributed by atoms with E-state index in [2.05, 4.69) is 10.1 Å². The van der Waals surface area contributed by atoms with E-state index in [1.807, 2.05) is 0 Å². The number of carbonyl (C=O) groups is 2. The van der Waals surface area contributed by atoms with Gasteiger partial charge in [0.05, 0.1) is 7.11 Å². The topological polar surface area (TPSA) is 81.4 Å². The second kappa shape index (κ2) is 5.90. The van der Waals surface area contributed by atoms with Crippen LogP contribution in [0.2, 0.25) is 0 Å². The van der Waals surface area contributed by atoms with E-state index < -0.39 is 12.0 Å². The molecule has 2 aliphatic rings. The van der Waals surface area contributed by atoms with Crippen molar-refractivity contribution < 1.29 is 14.3 Å². The summed E-state index contributed by atoms with van der Waals surface area (Å²) in [7, 11) is 1.33. The molecule has 2 aliphatic carbocycles. The van der Waals surface area contributed by atoms with Crippen LogP contribution in [0.3, 0.4) is 0 Å². The van der Waals surface area contributed by atoms with Crippen molar-refractivity contribution >= 4 is 11.9 Å². The summed E-state index contributed by atoms with van der Waals surface area (Å²) in [6.45, 7) is 1.65. The molecule has 0 radical (unpaired) electrons. The number of nitrogens with one attached hydrogen (secondary N) is 1. The Hall–Kier alpha value is -1.10. The van der Waals surface area contributed by atoms with E-state index >= 15 is 0 Å². The van der Waals surface area contributed by atoms with Crippen molar-refractivity contribution in [2.75, 3.05) is 7.11 Å². The van der Waals surface area contributed by atoms with Gasteiger partial charge in [-0.3, -0.25) is 4.79 Å². The Morgan fingerprint density at radius 1 is 1.26 bits per heavy atom. The number of carbonyl (C=O) groups excluding carboxylic acids is 2. The van der Waals surface area contributed by atoms with Gasteiger partial charge >= 0.3 is 5.97 Å². The molecule has 2 unspecified atom stereocenters. The van der Waals surface area contributed by atoms with Crippen LogP contribution < -0.4 is 11.1 Å². The van der Waals surface area contributed by atoms with Crippen molar-refractivity contribution in [3.8, 4) is 0 Å². The van der Waals surface area contributed by atoms with Gasteiger partial charge in [0.2, 0.25) is 5.91 Å². The Labute approximate surface area is 114 Å². The Kier molecular flexibility index (Phi) is 4.45. The molecule has 3 atom stereocenters. The average molecular weight is 268 g/mol. The number of rotatable bonds is 3. The first-order valence-corrected chi connectivity index (χ1v) is 7.16. The molecule has 0 aliphatic heterocycles. The summed E-state index contributed by atoms with van der Waals surface area (Å²) >= 11 is 0. The minimum absolute atomic E-state index is 0.00204. The fraction of sp³-hybridized carbons (Fsp3) is 0.857. The highest BCUT2D eigenvalue weighted by molar-refractivity contribution is 5.85. The molecule has 5 nitrogen and oxygen atoms in total. The smallest absolute Gasteiger partial charge is 0.328 e.